The van der Waals surface area contributed by atoms with Crippen molar-refractivity contribution in [2.45, 2.75) is 97.9 Å². The number of nitrogen functional groups attached to an aromatic ring is 2. The van der Waals surface area contributed by atoms with Crippen molar-refractivity contribution in [2.75, 3.05) is 104 Å². The Labute approximate surface area is 382 Å². The van der Waals surface area contributed by atoms with Crippen molar-refractivity contribution < 1.29 is 36.5 Å². The van der Waals surface area contributed by atoms with Crippen LogP contribution in [0.15, 0.2) is 24.5 Å². The Balaban J connectivity index is 0.000000197. The lowest BCUT2D eigenvalue weighted by atomic mass is 10.0. The molecule has 0 aromatic carbocycles. The summed E-state index contributed by atoms with van der Waals surface area (Å²) in [5.41, 5.74) is 10.8. The zero-order valence-corrected chi connectivity index (χ0v) is 38.9. The molecular formula is C44H62F4N14O4. The first-order valence-electron chi connectivity index (χ1n) is 22.4. The molecule has 4 aliphatic heterocycles. The summed E-state index contributed by atoms with van der Waals surface area (Å²) in [5.74, 6) is 2.65. The number of nitrogens with zero attached hydrogens (tertiary/aromatic N) is 12. The largest absolute Gasteiger partial charge is 0.384 e. The van der Waals surface area contributed by atoms with Crippen molar-refractivity contribution in [3.63, 3.8) is 0 Å². The Kier molecular flexibility index (Phi) is 15.2. The molecule has 22 heteroatoms. The van der Waals surface area contributed by atoms with Crippen LogP contribution in [0.3, 0.4) is 0 Å². The van der Waals surface area contributed by atoms with Gasteiger partial charge >= 0.3 is 0 Å². The summed E-state index contributed by atoms with van der Waals surface area (Å²) in [6.07, 6.45) is -2.88. The van der Waals surface area contributed by atoms with Gasteiger partial charge in [0.15, 0.2) is 11.6 Å². The topological polar surface area (TPSA) is 205 Å². The number of morpholine rings is 4. The molecule has 4 N–H and O–H groups in total. The third-order valence-electron chi connectivity index (χ3n) is 12.3. The summed E-state index contributed by atoms with van der Waals surface area (Å²) < 4.78 is 78.2. The SMILES string of the molecule is CC(C)[C@@H]1COCCN1c1nc(-c2cnc(N)cc2C(F)F)nc(N2CCOC[C@H]2C(C)C)n1.C[C@@H]1COC[C@H](C)N1c1nc(-c2cnc(N)cc2C(F)F)nc(N2CCOCC2(C)C)n1. The molecule has 360 valence electrons. The number of rotatable bonds is 10. The van der Waals surface area contributed by atoms with Crippen LogP contribution >= 0.6 is 0 Å². The molecule has 4 fully saturated rings. The van der Waals surface area contributed by atoms with Gasteiger partial charge in [0.1, 0.15) is 11.6 Å². The van der Waals surface area contributed by atoms with Gasteiger partial charge in [-0.15, -0.1) is 0 Å². The van der Waals surface area contributed by atoms with Crippen molar-refractivity contribution in [3.05, 3.63) is 35.7 Å². The molecular weight excluding hydrogens is 865 g/mol. The summed E-state index contributed by atoms with van der Waals surface area (Å²) >= 11 is 0. The number of halogens is 4. The quantitative estimate of drug-likeness (QED) is 0.179. The molecule has 4 atom stereocenters. The minimum atomic E-state index is -2.75. The number of nitrogens with two attached hydrogens (primary N) is 2. The third kappa shape index (κ3) is 10.8. The molecule has 8 rings (SSSR count). The predicted octanol–water partition coefficient (Wildman–Crippen LogP) is 5.86. The van der Waals surface area contributed by atoms with Crippen LogP contribution in [0.2, 0.25) is 0 Å². The molecule has 4 saturated heterocycles. The fraction of sp³-hybridized carbons (Fsp3) is 0.636. The van der Waals surface area contributed by atoms with E-state index in [4.69, 9.17) is 40.4 Å². The lowest BCUT2D eigenvalue weighted by Gasteiger charge is -2.43. The fourth-order valence-corrected chi connectivity index (χ4v) is 8.63. The van der Waals surface area contributed by atoms with Gasteiger partial charge < -0.3 is 50.0 Å². The highest BCUT2D eigenvalue weighted by atomic mass is 19.3. The number of hydrogen-bond donors (Lipinski definition) is 2. The minimum absolute atomic E-state index is 0.0126. The number of ether oxygens (including phenoxy) is 4. The van der Waals surface area contributed by atoms with E-state index in [1.165, 1.54) is 24.5 Å². The van der Waals surface area contributed by atoms with Gasteiger partial charge in [-0.3, -0.25) is 0 Å². The Hall–Kier alpha value is -5.32. The highest BCUT2D eigenvalue weighted by molar-refractivity contribution is 5.66. The Bertz CT molecular complexity index is 2200. The molecule has 4 aliphatic rings. The molecule has 0 bridgehead atoms. The second kappa shape index (κ2) is 20.7. The van der Waals surface area contributed by atoms with Gasteiger partial charge in [-0.25, -0.2) is 27.5 Å². The maximum Gasteiger partial charge on any atom is 0.264 e. The Morgan fingerprint density at radius 1 is 0.591 bits per heavy atom. The van der Waals surface area contributed by atoms with E-state index in [2.05, 4.69) is 72.3 Å². The molecule has 0 spiro atoms. The summed E-state index contributed by atoms with van der Waals surface area (Å²) in [6.45, 7) is 22.6. The summed E-state index contributed by atoms with van der Waals surface area (Å²) in [7, 11) is 0. The first-order valence-corrected chi connectivity index (χ1v) is 22.4. The molecule has 4 aromatic heterocycles. The highest BCUT2D eigenvalue weighted by Gasteiger charge is 2.37. The van der Waals surface area contributed by atoms with Gasteiger partial charge in [-0.2, -0.15) is 29.9 Å². The van der Waals surface area contributed by atoms with Crippen LogP contribution in [0.4, 0.5) is 53.0 Å². The standard InChI is InChI=1S/C23H33F2N7O2.C21H29F2N7O2/c1-13(2)17-11-33-7-5-31(17)22-28-21(16-10-27-19(26)9-15(16)20(24)25)29-23(30-22)32-6-8-34-12-18(32)14(3)4;1-12-9-32-10-13(2)30(12)20-27-18(15-8-25-16(24)7-14(15)17(22)23)26-19(28-20)29-5-6-31-11-21(29,3)4/h9-10,13-14,17-18,20H,5-8,11-12H2,1-4H3,(H2,26,27);7-8,12-13,17H,5-6,9-11H2,1-4H3,(H2,24,25)/t17-,18-;12-,13+/m0./s1. The van der Waals surface area contributed by atoms with Gasteiger partial charge in [-0.1, -0.05) is 27.7 Å². The molecule has 0 unspecified atom stereocenters. The van der Waals surface area contributed by atoms with E-state index in [1.54, 1.807) is 0 Å². The maximum atomic E-state index is 13.9. The first-order chi connectivity index (χ1) is 31.4. The predicted molar refractivity (Wildman–Crippen MR) is 243 cm³/mol. The van der Waals surface area contributed by atoms with Crippen LogP contribution in [-0.4, -0.2) is 142 Å². The Morgan fingerprint density at radius 2 is 1.03 bits per heavy atom. The van der Waals surface area contributed by atoms with Crippen LogP contribution in [0.5, 0.6) is 0 Å². The van der Waals surface area contributed by atoms with Crippen molar-refractivity contribution in [2.24, 2.45) is 11.8 Å². The molecule has 0 radical (unpaired) electrons. The van der Waals surface area contributed by atoms with Crippen LogP contribution in [0.25, 0.3) is 22.8 Å². The third-order valence-corrected chi connectivity index (χ3v) is 12.3. The summed E-state index contributed by atoms with van der Waals surface area (Å²) in [6, 6.07) is 2.49. The van der Waals surface area contributed by atoms with E-state index in [0.717, 1.165) is 0 Å². The normalized spacial score (nSPS) is 22.6. The number of pyridine rings is 2. The van der Waals surface area contributed by atoms with E-state index >= 15 is 0 Å². The number of aromatic nitrogens is 8. The van der Waals surface area contributed by atoms with Gasteiger partial charge in [0.25, 0.3) is 12.9 Å². The lowest BCUT2D eigenvalue weighted by molar-refractivity contribution is 0.0632. The van der Waals surface area contributed by atoms with Crippen molar-refractivity contribution in [1.29, 1.82) is 0 Å². The van der Waals surface area contributed by atoms with Crippen LogP contribution < -0.4 is 31.1 Å². The maximum absolute atomic E-state index is 13.9. The van der Waals surface area contributed by atoms with E-state index in [9.17, 15) is 17.6 Å². The van der Waals surface area contributed by atoms with E-state index in [0.29, 0.717) is 96.3 Å². The Morgan fingerprint density at radius 3 is 1.48 bits per heavy atom. The van der Waals surface area contributed by atoms with Gasteiger partial charge in [0, 0.05) is 54.3 Å². The minimum Gasteiger partial charge on any atom is -0.384 e. The number of hydrogen-bond acceptors (Lipinski definition) is 18. The van der Waals surface area contributed by atoms with Gasteiger partial charge in [0.2, 0.25) is 23.8 Å². The van der Waals surface area contributed by atoms with E-state index in [-0.39, 0.29) is 87.1 Å². The zero-order chi connectivity index (χ0) is 47.4. The van der Waals surface area contributed by atoms with Crippen LogP contribution in [0, 0.1) is 11.8 Å². The molecule has 4 aromatic rings. The van der Waals surface area contributed by atoms with Gasteiger partial charge in [0.05, 0.1) is 82.6 Å². The van der Waals surface area contributed by atoms with Crippen LogP contribution in [-0.2, 0) is 18.9 Å². The lowest BCUT2D eigenvalue weighted by Crippen LogP contribution is -2.54. The highest BCUT2D eigenvalue weighted by Crippen LogP contribution is 2.36. The molecule has 0 aliphatic carbocycles. The monoisotopic (exact) mass is 927 g/mol. The van der Waals surface area contributed by atoms with Crippen molar-refractivity contribution in [1.82, 2.24) is 39.9 Å². The molecule has 8 heterocycles. The van der Waals surface area contributed by atoms with Gasteiger partial charge in [-0.05, 0) is 51.7 Å². The average Bonchev–Trinajstić information content (AvgIpc) is 3.28. The van der Waals surface area contributed by atoms with E-state index in [1.807, 2.05) is 32.6 Å². The molecule has 0 amide bonds. The van der Waals surface area contributed by atoms with Crippen molar-refractivity contribution in [3.8, 4) is 22.8 Å². The fourth-order valence-electron chi connectivity index (χ4n) is 8.63. The number of anilines is 6. The second-order valence-corrected chi connectivity index (χ2v) is 18.3. The summed E-state index contributed by atoms with van der Waals surface area (Å²) in [4.78, 5) is 44.6. The number of alkyl halides is 4. The smallest absolute Gasteiger partial charge is 0.264 e. The first kappa shape index (κ1) is 48.6. The van der Waals surface area contributed by atoms with E-state index < -0.39 is 12.9 Å². The van der Waals surface area contributed by atoms with Crippen LogP contribution in [0.1, 0.15) is 79.4 Å². The zero-order valence-electron chi connectivity index (χ0n) is 38.9. The molecule has 66 heavy (non-hydrogen) atoms. The second-order valence-electron chi connectivity index (χ2n) is 18.3. The molecule has 0 saturated carbocycles. The van der Waals surface area contributed by atoms with Crippen molar-refractivity contribution >= 4 is 35.4 Å². The summed E-state index contributed by atoms with van der Waals surface area (Å²) in [5, 5.41) is 0. The average molecular weight is 927 g/mol. The molecule has 18 nitrogen and oxygen atoms in total.